The predicted molar refractivity (Wildman–Crippen MR) is 111 cm³/mol. The number of rotatable bonds is 5. The highest BCUT2D eigenvalue weighted by Gasteiger charge is 2.10. The Kier molecular flexibility index (Phi) is 6.65. The molecule has 0 radical (unpaired) electrons. The number of benzene rings is 1. The van der Waals surface area contributed by atoms with Gasteiger partial charge in [-0.3, -0.25) is 0 Å². The minimum absolute atomic E-state index is 0.225. The number of nitrogens with zero attached hydrogens (tertiary/aromatic N) is 3. The quantitative estimate of drug-likeness (QED) is 0.463. The third-order valence-electron chi connectivity index (χ3n) is 4.49. The summed E-state index contributed by atoms with van der Waals surface area (Å²) in [6.45, 7) is 4.02. The number of carbonyl (C=O) groups excluding carboxylic acids is 1. The van der Waals surface area contributed by atoms with Crippen LogP contribution in [-0.2, 0) is 0 Å². The van der Waals surface area contributed by atoms with Gasteiger partial charge in [-0.1, -0.05) is 17.9 Å². The summed E-state index contributed by atoms with van der Waals surface area (Å²) < 4.78 is 0. The Hall–Kier alpha value is -3.31. The summed E-state index contributed by atoms with van der Waals surface area (Å²) in [4.78, 5) is 22.3. The van der Waals surface area contributed by atoms with Crippen LogP contribution in [0.4, 0.5) is 22.1 Å². The van der Waals surface area contributed by atoms with Gasteiger partial charge >= 0.3 is 6.03 Å². The Balaban J connectivity index is 1.52. The lowest BCUT2D eigenvalue weighted by atomic mass is 10.2. The fourth-order valence-electron chi connectivity index (χ4n) is 3.04. The molecule has 1 fully saturated rings. The predicted octanol–water partition coefficient (Wildman–Crippen LogP) is 1.65. The van der Waals surface area contributed by atoms with E-state index in [-0.39, 0.29) is 17.7 Å². The number of hydrogen-bond donors (Lipinski definition) is 4. The first-order valence-electron chi connectivity index (χ1n) is 9.37. The maximum atomic E-state index is 12.1. The molecule has 0 aliphatic carbocycles. The van der Waals surface area contributed by atoms with Gasteiger partial charge < -0.3 is 27.0 Å². The first-order chi connectivity index (χ1) is 13.6. The molecule has 1 aliphatic heterocycles. The molecule has 1 aromatic carbocycles. The Labute approximate surface area is 164 Å². The van der Waals surface area contributed by atoms with Gasteiger partial charge in [-0.15, -0.1) is 0 Å². The Bertz CT molecular complexity index is 861. The molecule has 2 heterocycles. The maximum absolute atomic E-state index is 12.1. The van der Waals surface area contributed by atoms with Gasteiger partial charge in [-0.2, -0.15) is 0 Å². The average Bonchev–Trinajstić information content (AvgIpc) is 3.19. The number of carbonyl (C=O) groups is 1. The van der Waals surface area contributed by atoms with Crippen LogP contribution in [0.1, 0.15) is 30.4 Å². The van der Waals surface area contributed by atoms with E-state index in [0.717, 1.165) is 18.5 Å². The summed E-state index contributed by atoms with van der Waals surface area (Å²) in [7, 11) is 0. The summed E-state index contributed by atoms with van der Waals surface area (Å²) in [5.74, 6) is 6.34. The molecule has 6 N–H and O–H groups in total. The molecule has 1 aromatic heterocycles. The molecular formula is C20H25N7O. The van der Waals surface area contributed by atoms with Crippen LogP contribution >= 0.6 is 0 Å². The fourth-order valence-corrected chi connectivity index (χ4v) is 3.04. The highest BCUT2D eigenvalue weighted by Crippen LogP contribution is 2.13. The number of aromatic nitrogens is 2. The molecule has 0 unspecified atom stereocenters. The number of urea groups is 1. The van der Waals surface area contributed by atoms with Crippen molar-refractivity contribution in [3.05, 3.63) is 41.7 Å². The van der Waals surface area contributed by atoms with Crippen LogP contribution in [0.2, 0.25) is 0 Å². The van der Waals surface area contributed by atoms with E-state index in [2.05, 4.69) is 37.3 Å². The highest BCUT2D eigenvalue weighted by atomic mass is 16.2. The van der Waals surface area contributed by atoms with Gasteiger partial charge in [-0.25, -0.2) is 14.8 Å². The van der Waals surface area contributed by atoms with E-state index in [1.165, 1.54) is 32.3 Å². The number of anilines is 3. The summed E-state index contributed by atoms with van der Waals surface area (Å²) >= 11 is 0. The van der Waals surface area contributed by atoms with Gasteiger partial charge in [-0.05, 0) is 57.1 Å². The van der Waals surface area contributed by atoms with E-state index in [9.17, 15) is 4.79 Å². The van der Waals surface area contributed by atoms with E-state index >= 15 is 0 Å². The van der Waals surface area contributed by atoms with Crippen molar-refractivity contribution in [2.24, 2.45) is 0 Å². The molecule has 146 valence electrons. The number of likely N-dealkylation sites (tertiary alicyclic amines) is 1. The molecule has 2 amide bonds. The van der Waals surface area contributed by atoms with Crippen molar-refractivity contribution in [2.75, 3.05) is 43.0 Å². The van der Waals surface area contributed by atoms with E-state index in [4.69, 9.17) is 11.5 Å². The van der Waals surface area contributed by atoms with Gasteiger partial charge in [0.25, 0.3) is 0 Å². The minimum Gasteiger partial charge on any atom is -0.382 e. The van der Waals surface area contributed by atoms with E-state index in [1.54, 1.807) is 6.07 Å². The lowest BCUT2D eigenvalue weighted by Crippen LogP contribution is -2.31. The number of nitrogen functional groups attached to an aromatic ring is 2. The van der Waals surface area contributed by atoms with E-state index in [0.29, 0.717) is 17.8 Å². The largest absolute Gasteiger partial charge is 0.382 e. The molecule has 28 heavy (non-hydrogen) atoms. The first kappa shape index (κ1) is 19.5. The Morgan fingerprint density at radius 1 is 1.14 bits per heavy atom. The highest BCUT2D eigenvalue weighted by molar-refractivity contribution is 5.89. The zero-order valence-electron chi connectivity index (χ0n) is 15.7. The summed E-state index contributed by atoms with van der Waals surface area (Å²) in [6, 6.07) is 7.02. The molecule has 0 bridgehead atoms. The van der Waals surface area contributed by atoms with Gasteiger partial charge in [0.05, 0.1) is 0 Å². The lowest BCUT2D eigenvalue weighted by Gasteiger charge is -2.14. The van der Waals surface area contributed by atoms with Crippen molar-refractivity contribution >= 4 is 23.4 Å². The normalized spacial score (nSPS) is 13.6. The van der Waals surface area contributed by atoms with Crippen molar-refractivity contribution < 1.29 is 4.79 Å². The number of amides is 2. The smallest absolute Gasteiger partial charge is 0.319 e. The summed E-state index contributed by atoms with van der Waals surface area (Å²) in [5.41, 5.74) is 13.3. The number of nitrogens with two attached hydrogens (primary N) is 2. The van der Waals surface area contributed by atoms with Crippen LogP contribution in [0.5, 0.6) is 0 Å². The van der Waals surface area contributed by atoms with Gasteiger partial charge in [0, 0.05) is 17.8 Å². The van der Waals surface area contributed by atoms with Crippen molar-refractivity contribution in [2.45, 2.75) is 19.3 Å². The fraction of sp³-hybridized carbons (Fsp3) is 0.350. The SMILES string of the molecule is Nc1ncnc(N)c1C#Cc1cccc(NC(=O)NCCCN2CCCC2)c1. The summed E-state index contributed by atoms with van der Waals surface area (Å²) in [5, 5.41) is 5.71. The standard InChI is InChI=1S/C20H25N7O/c21-18-17(19(22)25-14-24-18)8-7-15-5-3-6-16(13-15)26-20(28)23-9-4-12-27-10-1-2-11-27/h3,5-6,13-14H,1-2,4,9-12H2,(H2,23,26,28)(H4,21,22,24,25). The Morgan fingerprint density at radius 3 is 2.64 bits per heavy atom. The van der Waals surface area contributed by atoms with Crippen molar-refractivity contribution in [1.29, 1.82) is 0 Å². The second-order valence-corrected chi connectivity index (χ2v) is 6.63. The molecule has 1 aliphatic rings. The number of nitrogens with one attached hydrogen (secondary N) is 2. The number of hydrogen-bond acceptors (Lipinski definition) is 6. The monoisotopic (exact) mass is 379 g/mol. The van der Waals surface area contributed by atoms with Gasteiger partial charge in [0.15, 0.2) is 0 Å². The van der Waals surface area contributed by atoms with Crippen LogP contribution < -0.4 is 22.1 Å². The van der Waals surface area contributed by atoms with Gasteiger partial charge in [0.1, 0.15) is 23.5 Å². The third-order valence-corrected chi connectivity index (χ3v) is 4.49. The molecule has 2 aromatic rings. The second kappa shape index (κ2) is 9.58. The molecule has 0 saturated carbocycles. The summed E-state index contributed by atoms with van der Waals surface area (Å²) in [6.07, 6.45) is 4.80. The third kappa shape index (κ3) is 5.59. The van der Waals surface area contributed by atoms with Crippen molar-refractivity contribution in [3.63, 3.8) is 0 Å². The molecule has 1 saturated heterocycles. The molecule has 0 atom stereocenters. The van der Waals surface area contributed by atoms with Crippen LogP contribution in [0, 0.1) is 11.8 Å². The molecular weight excluding hydrogens is 354 g/mol. The van der Waals surface area contributed by atoms with Crippen LogP contribution in [0.25, 0.3) is 0 Å². The van der Waals surface area contributed by atoms with E-state index in [1.807, 2.05) is 18.2 Å². The van der Waals surface area contributed by atoms with Gasteiger partial charge in [0.2, 0.25) is 0 Å². The van der Waals surface area contributed by atoms with Crippen molar-refractivity contribution in [3.8, 4) is 11.8 Å². The average molecular weight is 379 g/mol. The first-order valence-corrected chi connectivity index (χ1v) is 9.37. The molecule has 8 nitrogen and oxygen atoms in total. The topological polar surface area (TPSA) is 122 Å². The van der Waals surface area contributed by atoms with E-state index < -0.39 is 0 Å². The zero-order valence-corrected chi connectivity index (χ0v) is 15.7. The molecule has 8 heteroatoms. The van der Waals surface area contributed by atoms with Crippen LogP contribution in [0.3, 0.4) is 0 Å². The maximum Gasteiger partial charge on any atom is 0.319 e. The molecule has 0 spiro atoms. The second-order valence-electron chi connectivity index (χ2n) is 6.63. The lowest BCUT2D eigenvalue weighted by molar-refractivity contribution is 0.251. The zero-order chi connectivity index (χ0) is 19.8. The van der Waals surface area contributed by atoms with Crippen LogP contribution in [-0.4, -0.2) is 47.1 Å². The molecule has 3 rings (SSSR count). The minimum atomic E-state index is -0.225. The Morgan fingerprint density at radius 2 is 1.89 bits per heavy atom. The van der Waals surface area contributed by atoms with Crippen LogP contribution in [0.15, 0.2) is 30.6 Å². The van der Waals surface area contributed by atoms with Crippen molar-refractivity contribution in [1.82, 2.24) is 20.2 Å².